The Morgan fingerprint density at radius 3 is 2.71 bits per heavy atom. The minimum absolute atomic E-state index is 0.309. The van der Waals surface area contributed by atoms with Crippen molar-refractivity contribution in [3.63, 3.8) is 0 Å². The van der Waals surface area contributed by atoms with Gasteiger partial charge in [0.15, 0.2) is 0 Å². The Labute approximate surface area is 132 Å². The van der Waals surface area contributed by atoms with Crippen LogP contribution in [0.1, 0.15) is 43.4 Å². The van der Waals surface area contributed by atoms with Gasteiger partial charge in [-0.05, 0) is 49.4 Å². The molecular weight excluding hydrogens is 280 g/mol. The van der Waals surface area contributed by atoms with E-state index >= 15 is 0 Å². The fourth-order valence-corrected chi connectivity index (χ4v) is 2.76. The first-order valence-electron chi connectivity index (χ1n) is 7.68. The SMILES string of the molecule is CCCNC(CCCc1ccccc1)c1ccncc1Cl. The number of hydrogen-bond acceptors (Lipinski definition) is 2. The monoisotopic (exact) mass is 302 g/mol. The number of pyridine rings is 1. The molecule has 0 aliphatic rings. The van der Waals surface area contributed by atoms with Gasteiger partial charge in [-0.15, -0.1) is 0 Å². The molecule has 2 nitrogen and oxygen atoms in total. The second kappa shape index (κ2) is 8.81. The molecule has 0 saturated carbocycles. The Kier molecular flexibility index (Phi) is 6.71. The molecule has 0 bridgehead atoms. The summed E-state index contributed by atoms with van der Waals surface area (Å²) < 4.78 is 0. The van der Waals surface area contributed by atoms with Crippen LogP contribution in [0.2, 0.25) is 5.02 Å². The summed E-state index contributed by atoms with van der Waals surface area (Å²) in [6, 6.07) is 13.0. The van der Waals surface area contributed by atoms with E-state index in [1.807, 2.05) is 12.3 Å². The van der Waals surface area contributed by atoms with E-state index in [2.05, 4.69) is 47.6 Å². The number of benzene rings is 1. The highest BCUT2D eigenvalue weighted by molar-refractivity contribution is 6.31. The van der Waals surface area contributed by atoms with Crippen LogP contribution in [0.25, 0.3) is 0 Å². The lowest BCUT2D eigenvalue weighted by molar-refractivity contribution is 0.484. The van der Waals surface area contributed by atoms with Gasteiger partial charge >= 0.3 is 0 Å². The lowest BCUT2D eigenvalue weighted by Gasteiger charge is -2.20. The first-order chi connectivity index (χ1) is 10.3. The molecule has 112 valence electrons. The Balaban J connectivity index is 1.95. The van der Waals surface area contributed by atoms with Gasteiger partial charge in [-0.1, -0.05) is 48.9 Å². The van der Waals surface area contributed by atoms with E-state index in [4.69, 9.17) is 11.6 Å². The fourth-order valence-electron chi connectivity index (χ4n) is 2.51. The van der Waals surface area contributed by atoms with E-state index in [0.29, 0.717) is 6.04 Å². The van der Waals surface area contributed by atoms with Crippen LogP contribution in [0.4, 0.5) is 0 Å². The van der Waals surface area contributed by atoms with Gasteiger partial charge in [0, 0.05) is 18.4 Å². The molecule has 2 aromatic rings. The van der Waals surface area contributed by atoms with Gasteiger partial charge in [0.1, 0.15) is 0 Å². The highest BCUT2D eigenvalue weighted by Gasteiger charge is 2.13. The lowest BCUT2D eigenvalue weighted by atomic mass is 9.99. The van der Waals surface area contributed by atoms with E-state index in [-0.39, 0.29) is 0 Å². The molecule has 1 aromatic carbocycles. The second-order valence-electron chi connectivity index (χ2n) is 5.28. The van der Waals surface area contributed by atoms with Crippen LogP contribution in [0.3, 0.4) is 0 Å². The molecule has 0 aliphatic heterocycles. The number of aromatic nitrogens is 1. The Morgan fingerprint density at radius 2 is 2.00 bits per heavy atom. The van der Waals surface area contributed by atoms with Crippen molar-refractivity contribution >= 4 is 11.6 Å². The number of hydrogen-bond donors (Lipinski definition) is 1. The quantitative estimate of drug-likeness (QED) is 0.757. The number of nitrogens with zero attached hydrogens (tertiary/aromatic N) is 1. The van der Waals surface area contributed by atoms with Gasteiger partial charge in [0.2, 0.25) is 0 Å². The molecule has 0 amide bonds. The molecule has 1 atom stereocenters. The van der Waals surface area contributed by atoms with Crippen LogP contribution >= 0.6 is 11.6 Å². The maximum atomic E-state index is 6.29. The van der Waals surface area contributed by atoms with Crippen LogP contribution in [0, 0.1) is 0 Å². The summed E-state index contributed by atoms with van der Waals surface area (Å²) >= 11 is 6.29. The topological polar surface area (TPSA) is 24.9 Å². The summed E-state index contributed by atoms with van der Waals surface area (Å²) in [7, 11) is 0. The summed E-state index contributed by atoms with van der Waals surface area (Å²) in [5.74, 6) is 0. The molecule has 0 spiro atoms. The summed E-state index contributed by atoms with van der Waals surface area (Å²) in [5, 5.41) is 4.36. The van der Waals surface area contributed by atoms with E-state index in [0.717, 1.165) is 42.8 Å². The molecule has 0 radical (unpaired) electrons. The zero-order valence-corrected chi connectivity index (χ0v) is 13.3. The number of halogens is 1. The number of rotatable bonds is 8. The van der Waals surface area contributed by atoms with Crippen molar-refractivity contribution < 1.29 is 0 Å². The highest BCUT2D eigenvalue weighted by atomic mass is 35.5. The third-order valence-electron chi connectivity index (χ3n) is 3.62. The molecular formula is C18H23ClN2. The minimum Gasteiger partial charge on any atom is -0.310 e. The van der Waals surface area contributed by atoms with E-state index < -0.39 is 0 Å². The van der Waals surface area contributed by atoms with Crippen LogP contribution in [0.15, 0.2) is 48.8 Å². The third-order valence-corrected chi connectivity index (χ3v) is 3.94. The maximum Gasteiger partial charge on any atom is 0.0637 e. The second-order valence-corrected chi connectivity index (χ2v) is 5.69. The Hall–Kier alpha value is -1.38. The average Bonchev–Trinajstić information content (AvgIpc) is 2.52. The number of nitrogens with one attached hydrogen (secondary N) is 1. The van der Waals surface area contributed by atoms with Crippen LogP contribution in [0.5, 0.6) is 0 Å². The predicted octanol–water partition coefficient (Wildman–Crippen LogP) is 4.80. The molecule has 0 fully saturated rings. The van der Waals surface area contributed by atoms with Gasteiger partial charge in [-0.25, -0.2) is 0 Å². The van der Waals surface area contributed by atoms with E-state index in [9.17, 15) is 0 Å². The van der Waals surface area contributed by atoms with Gasteiger partial charge in [-0.2, -0.15) is 0 Å². The molecule has 21 heavy (non-hydrogen) atoms. The van der Waals surface area contributed by atoms with Gasteiger partial charge in [-0.3, -0.25) is 4.98 Å². The van der Waals surface area contributed by atoms with Crippen LogP contribution < -0.4 is 5.32 Å². The van der Waals surface area contributed by atoms with Gasteiger partial charge in [0.25, 0.3) is 0 Å². The fraction of sp³-hybridized carbons (Fsp3) is 0.389. The van der Waals surface area contributed by atoms with E-state index in [1.165, 1.54) is 5.56 Å². The smallest absolute Gasteiger partial charge is 0.0637 e. The Morgan fingerprint density at radius 1 is 1.19 bits per heavy atom. The van der Waals surface area contributed by atoms with Crippen molar-refractivity contribution in [1.29, 1.82) is 0 Å². The van der Waals surface area contributed by atoms with Crippen LogP contribution in [-0.2, 0) is 6.42 Å². The zero-order valence-electron chi connectivity index (χ0n) is 12.6. The standard InChI is InChI=1S/C18H23ClN2/c1-2-12-21-18(16-11-13-20-14-17(16)19)10-6-9-15-7-4-3-5-8-15/h3-5,7-8,11,13-14,18,21H,2,6,9-10,12H2,1H3. The van der Waals surface area contributed by atoms with E-state index in [1.54, 1.807) is 6.20 Å². The zero-order chi connectivity index (χ0) is 14.9. The molecule has 1 heterocycles. The summed E-state index contributed by atoms with van der Waals surface area (Å²) in [4.78, 5) is 4.08. The Bertz CT molecular complexity index is 528. The van der Waals surface area contributed by atoms with Crippen molar-refractivity contribution in [2.24, 2.45) is 0 Å². The van der Waals surface area contributed by atoms with Crippen molar-refractivity contribution in [3.8, 4) is 0 Å². The van der Waals surface area contributed by atoms with Crippen molar-refractivity contribution in [2.45, 2.75) is 38.6 Å². The first kappa shape index (κ1) is 16.0. The molecule has 1 unspecified atom stereocenters. The first-order valence-corrected chi connectivity index (χ1v) is 8.05. The highest BCUT2D eigenvalue weighted by Crippen LogP contribution is 2.25. The molecule has 1 aromatic heterocycles. The number of aryl methyl sites for hydroxylation is 1. The lowest BCUT2D eigenvalue weighted by Crippen LogP contribution is -2.22. The summed E-state index contributed by atoms with van der Waals surface area (Å²) in [6.07, 6.45) is 8.00. The average molecular weight is 303 g/mol. The van der Waals surface area contributed by atoms with Crippen molar-refractivity contribution in [1.82, 2.24) is 10.3 Å². The maximum absolute atomic E-state index is 6.29. The molecule has 3 heteroatoms. The normalized spacial score (nSPS) is 12.3. The van der Waals surface area contributed by atoms with Crippen LogP contribution in [-0.4, -0.2) is 11.5 Å². The third kappa shape index (κ3) is 5.14. The minimum atomic E-state index is 0.309. The molecule has 2 rings (SSSR count). The van der Waals surface area contributed by atoms with Gasteiger partial charge < -0.3 is 5.32 Å². The van der Waals surface area contributed by atoms with Gasteiger partial charge in [0.05, 0.1) is 5.02 Å². The van der Waals surface area contributed by atoms with Crippen molar-refractivity contribution in [2.75, 3.05) is 6.54 Å². The molecule has 0 aliphatic carbocycles. The summed E-state index contributed by atoms with van der Waals surface area (Å²) in [5.41, 5.74) is 2.56. The molecule has 1 N–H and O–H groups in total. The summed E-state index contributed by atoms with van der Waals surface area (Å²) in [6.45, 7) is 3.19. The molecule has 0 saturated heterocycles. The predicted molar refractivity (Wildman–Crippen MR) is 89.7 cm³/mol. The largest absolute Gasteiger partial charge is 0.310 e. The van der Waals surface area contributed by atoms with Crippen molar-refractivity contribution in [3.05, 3.63) is 64.9 Å².